The number of nitrogens with one attached hydrogen (secondary N) is 1. The zero-order chi connectivity index (χ0) is 16.9. The highest BCUT2D eigenvalue weighted by Crippen LogP contribution is 2.65. The van der Waals surface area contributed by atoms with Gasteiger partial charge in [0, 0.05) is 6.04 Å². The minimum atomic E-state index is -0.210. The maximum atomic E-state index is 13.1. The number of hydrogen-bond donors (Lipinski definition) is 2. The van der Waals surface area contributed by atoms with Gasteiger partial charge < -0.3 is 10.4 Å². The fourth-order valence-corrected chi connectivity index (χ4v) is 6.20. The largest absolute Gasteiger partial charge is 0.394 e. The van der Waals surface area contributed by atoms with E-state index in [1.807, 2.05) is 6.92 Å². The monoisotopic (exact) mass is 327 g/mol. The predicted octanol–water partition coefficient (Wildman–Crippen LogP) is 3.33. The second-order valence-electron chi connectivity index (χ2n) is 8.94. The van der Waals surface area contributed by atoms with Crippen LogP contribution in [0.25, 0.3) is 0 Å². The topological polar surface area (TPSA) is 49.3 Å². The van der Waals surface area contributed by atoms with Crippen molar-refractivity contribution in [3.05, 3.63) is 35.4 Å². The highest BCUT2D eigenvalue weighted by Gasteiger charge is 2.60. The maximum Gasteiger partial charge on any atom is 0.226 e. The first-order valence-electron chi connectivity index (χ1n) is 9.44. The number of rotatable bonds is 4. The van der Waals surface area contributed by atoms with Crippen LogP contribution in [-0.2, 0) is 10.2 Å². The molecule has 4 aliphatic rings. The summed E-state index contributed by atoms with van der Waals surface area (Å²) in [5.74, 6) is 1.56. The van der Waals surface area contributed by atoms with E-state index in [2.05, 4.69) is 36.5 Å². The smallest absolute Gasteiger partial charge is 0.226 e. The van der Waals surface area contributed by atoms with E-state index in [1.54, 1.807) is 0 Å². The van der Waals surface area contributed by atoms with Gasteiger partial charge in [0.25, 0.3) is 0 Å². The quantitative estimate of drug-likeness (QED) is 0.891. The normalized spacial score (nSPS) is 38.1. The van der Waals surface area contributed by atoms with Gasteiger partial charge in [-0.05, 0) is 75.2 Å². The number of benzene rings is 1. The lowest BCUT2D eigenvalue weighted by molar-refractivity contribution is -0.150. The molecule has 1 aromatic carbocycles. The number of carbonyl (C=O) groups is 1. The number of amides is 1. The molecule has 3 heteroatoms. The molecule has 1 amide bonds. The van der Waals surface area contributed by atoms with Gasteiger partial charge in [-0.1, -0.05) is 29.8 Å². The molecule has 24 heavy (non-hydrogen) atoms. The summed E-state index contributed by atoms with van der Waals surface area (Å²) in [6.07, 6.45) is 6.87. The van der Waals surface area contributed by atoms with Crippen LogP contribution in [-0.4, -0.2) is 23.7 Å². The summed E-state index contributed by atoms with van der Waals surface area (Å²) in [7, 11) is 0. The van der Waals surface area contributed by atoms with E-state index < -0.39 is 0 Å². The lowest BCUT2D eigenvalue weighted by Crippen LogP contribution is -2.60. The van der Waals surface area contributed by atoms with Gasteiger partial charge in [-0.25, -0.2) is 0 Å². The molecule has 0 aliphatic heterocycles. The van der Waals surface area contributed by atoms with Gasteiger partial charge in [-0.3, -0.25) is 4.79 Å². The third kappa shape index (κ3) is 2.48. The lowest BCUT2D eigenvalue weighted by Gasteiger charge is -2.61. The van der Waals surface area contributed by atoms with E-state index in [4.69, 9.17) is 0 Å². The van der Waals surface area contributed by atoms with E-state index >= 15 is 0 Å². The molecule has 130 valence electrons. The van der Waals surface area contributed by atoms with Crippen LogP contribution in [0.15, 0.2) is 24.3 Å². The van der Waals surface area contributed by atoms with Crippen molar-refractivity contribution in [3.8, 4) is 0 Å². The van der Waals surface area contributed by atoms with Crippen molar-refractivity contribution in [1.82, 2.24) is 5.32 Å². The van der Waals surface area contributed by atoms with Crippen molar-refractivity contribution < 1.29 is 9.90 Å². The number of aliphatic hydroxyl groups is 1. The van der Waals surface area contributed by atoms with Crippen LogP contribution in [0.4, 0.5) is 0 Å². The molecular formula is C21H29NO2. The van der Waals surface area contributed by atoms with Crippen molar-refractivity contribution in [2.24, 2.45) is 17.3 Å². The summed E-state index contributed by atoms with van der Waals surface area (Å²) in [4.78, 5) is 13.1. The molecular weight excluding hydrogens is 298 g/mol. The van der Waals surface area contributed by atoms with E-state index in [9.17, 15) is 9.90 Å². The molecule has 3 nitrogen and oxygen atoms in total. The molecule has 3 unspecified atom stereocenters. The first kappa shape index (κ1) is 16.1. The Morgan fingerprint density at radius 3 is 2.42 bits per heavy atom. The van der Waals surface area contributed by atoms with Crippen LogP contribution in [0, 0.1) is 24.2 Å². The fourth-order valence-electron chi connectivity index (χ4n) is 6.20. The molecule has 0 radical (unpaired) electrons. The van der Waals surface area contributed by atoms with Gasteiger partial charge in [0.15, 0.2) is 0 Å². The highest BCUT2D eigenvalue weighted by molar-refractivity contribution is 5.83. The summed E-state index contributed by atoms with van der Waals surface area (Å²) in [5, 5.41) is 12.4. The Bertz CT molecular complexity index is 622. The molecule has 4 fully saturated rings. The summed E-state index contributed by atoms with van der Waals surface area (Å²) in [6.45, 7) is 4.03. The van der Waals surface area contributed by atoms with Crippen molar-refractivity contribution in [2.75, 3.05) is 6.61 Å². The van der Waals surface area contributed by atoms with Gasteiger partial charge in [0.1, 0.15) is 0 Å². The van der Waals surface area contributed by atoms with Crippen LogP contribution in [0.5, 0.6) is 0 Å². The number of aliphatic hydroxyl groups excluding tert-OH is 1. The van der Waals surface area contributed by atoms with Gasteiger partial charge in [0.05, 0.1) is 12.0 Å². The molecule has 5 rings (SSSR count). The molecule has 4 saturated carbocycles. The zero-order valence-corrected chi connectivity index (χ0v) is 14.8. The first-order valence-corrected chi connectivity index (χ1v) is 9.44. The van der Waals surface area contributed by atoms with E-state index in [0.717, 1.165) is 19.3 Å². The Morgan fingerprint density at radius 2 is 1.83 bits per heavy atom. The van der Waals surface area contributed by atoms with Gasteiger partial charge in [-0.2, -0.15) is 0 Å². The Kier molecular flexibility index (Phi) is 3.76. The molecule has 2 N–H and O–H groups in total. The molecule has 3 atom stereocenters. The number of carbonyl (C=O) groups excluding carboxylic acids is 1. The predicted molar refractivity (Wildman–Crippen MR) is 94.7 cm³/mol. The molecule has 4 aliphatic carbocycles. The summed E-state index contributed by atoms with van der Waals surface area (Å²) < 4.78 is 0. The third-order valence-corrected chi connectivity index (χ3v) is 6.86. The summed E-state index contributed by atoms with van der Waals surface area (Å²) in [5.41, 5.74) is 2.72. The standard InChI is InChI=1S/C21H29NO2/c1-14-3-5-18(6-4-14)20-8-16-7-17(9-20)11-21(10-16,13-20)19(24)22-15(2)12-23/h3-6,15-17,23H,7-13H2,1-2H3,(H,22,24). The molecule has 4 bridgehead atoms. The van der Waals surface area contributed by atoms with Crippen LogP contribution in [0.3, 0.4) is 0 Å². The Morgan fingerprint density at radius 1 is 1.21 bits per heavy atom. The average molecular weight is 327 g/mol. The van der Waals surface area contributed by atoms with E-state index in [-0.39, 0.29) is 29.4 Å². The van der Waals surface area contributed by atoms with Crippen molar-refractivity contribution in [3.63, 3.8) is 0 Å². The SMILES string of the molecule is Cc1ccc(C23CC4CC(CC(C(=O)NC(C)CO)(C4)C2)C3)cc1. The molecule has 1 aromatic rings. The Hall–Kier alpha value is -1.35. The minimum absolute atomic E-state index is 0.0117. The van der Waals surface area contributed by atoms with Crippen molar-refractivity contribution in [1.29, 1.82) is 0 Å². The van der Waals surface area contributed by atoms with Crippen LogP contribution in [0.1, 0.15) is 56.6 Å². The molecule has 0 heterocycles. The second-order valence-corrected chi connectivity index (χ2v) is 8.94. The van der Waals surface area contributed by atoms with Crippen molar-refractivity contribution >= 4 is 5.91 Å². The molecule has 0 spiro atoms. The van der Waals surface area contributed by atoms with Crippen LogP contribution in [0.2, 0.25) is 0 Å². The van der Waals surface area contributed by atoms with Gasteiger partial charge in [0.2, 0.25) is 5.91 Å². The Balaban J connectivity index is 1.67. The zero-order valence-electron chi connectivity index (χ0n) is 14.8. The number of hydrogen-bond acceptors (Lipinski definition) is 2. The van der Waals surface area contributed by atoms with Crippen molar-refractivity contribution in [2.45, 2.75) is 63.8 Å². The van der Waals surface area contributed by atoms with E-state index in [1.165, 1.54) is 30.4 Å². The minimum Gasteiger partial charge on any atom is -0.394 e. The van der Waals surface area contributed by atoms with E-state index in [0.29, 0.717) is 11.8 Å². The number of aryl methyl sites for hydroxylation is 1. The summed E-state index contributed by atoms with van der Waals surface area (Å²) >= 11 is 0. The van der Waals surface area contributed by atoms with Gasteiger partial charge >= 0.3 is 0 Å². The van der Waals surface area contributed by atoms with Crippen LogP contribution < -0.4 is 5.32 Å². The average Bonchev–Trinajstić information content (AvgIpc) is 2.54. The lowest BCUT2D eigenvalue weighted by atomic mass is 9.42. The third-order valence-electron chi connectivity index (χ3n) is 6.86. The highest BCUT2D eigenvalue weighted by atomic mass is 16.3. The summed E-state index contributed by atoms with van der Waals surface area (Å²) in [6, 6.07) is 8.87. The van der Waals surface area contributed by atoms with Gasteiger partial charge in [-0.15, -0.1) is 0 Å². The molecule has 0 saturated heterocycles. The maximum absolute atomic E-state index is 13.1. The first-order chi connectivity index (χ1) is 11.4. The molecule has 0 aromatic heterocycles. The van der Waals surface area contributed by atoms with Crippen LogP contribution >= 0.6 is 0 Å². The second kappa shape index (κ2) is 5.59. The Labute approximate surface area is 144 Å². The fraction of sp³-hybridized carbons (Fsp3) is 0.667.